The van der Waals surface area contributed by atoms with E-state index in [4.69, 9.17) is 0 Å². The van der Waals surface area contributed by atoms with Crippen LogP contribution >= 0.6 is 11.8 Å². The van der Waals surface area contributed by atoms with E-state index in [1.807, 2.05) is 42.6 Å². The maximum Gasteiger partial charge on any atom is 0.225 e. The van der Waals surface area contributed by atoms with E-state index < -0.39 is 0 Å². The molecule has 0 radical (unpaired) electrons. The lowest BCUT2D eigenvalue weighted by molar-refractivity contribution is -0.115. The lowest BCUT2D eigenvalue weighted by Crippen LogP contribution is -2.12. The molecule has 3 aromatic rings. The van der Waals surface area contributed by atoms with Crippen molar-refractivity contribution in [3.63, 3.8) is 0 Å². The monoisotopic (exact) mass is 297 g/mol. The highest BCUT2D eigenvalue weighted by atomic mass is 32.2. The molecule has 0 saturated carbocycles. The van der Waals surface area contributed by atoms with Crippen LogP contribution in [0.5, 0.6) is 0 Å². The molecule has 5 heteroatoms. The Balaban J connectivity index is 1.51. The van der Waals surface area contributed by atoms with E-state index in [1.165, 1.54) is 4.90 Å². The molecular formula is C16H15N3OS. The van der Waals surface area contributed by atoms with Crippen molar-refractivity contribution in [1.29, 1.82) is 0 Å². The van der Waals surface area contributed by atoms with Crippen molar-refractivity contribution in [3.05, 3.63) is 60.9 Å². The van der Waals surface area contributed by atoms with Crippen LogP contribution in [0.2, 0.25) is 0 Å². The lowest BCUT2D eigenvalue weighted by atomic mass is 10.3. The van der Waals surface area contributed by atoms with Crippen LogP contribution < -0.4 is 5.32 Å². The van der Waals surface area contributed by atoms with E-state index in [9.17, 15) is 4.79 Å². The van der Waals surface area contributed by atoms with E-state index in [-0.39, 0.29) is 5.91 Å². The molecule has 0 aliphatic carbocycles. The van der Waals surface area contributed by atoms with Gasteiger partial charge in [-0.15, -0.1) is 11.8 Å². The van der Waals surface area contributed by atoms with Crippen LogP contribution in [0.4, 0.5) is 5.69 Å². The molecule has 2 aromatic heterocycles. The molecule has 0 saturated heterocycles. The first kappa shape index (κ1) is 13.7. The van der Waals surface area contributed by atoms with Gasteiger partial charge >= 0.3 is 0 Å². The molecule has 1 aromatic carbocycles. The van der Waals surface area contributed by atoms with Gasteiger partial charge in [0, 0.05) is 35.2 Å². The fourth-order valence-corrected chi connectivity index (χ4v) is 2.87. The standard InChI is InChI=1S/C16H15N3OS/c20-16(8-11-21-15-4-2-1-3-5-15)18-13-7-10-19-14(12-13)6-9-17-19/h1-7,9-10,12H,8,11H2,(H,18,20). The maximum atomic E-state index is 11.9. The number of rotatable bonds is 5. The summed E-state index contributed by atoms with van der Waals surface area (Å²) in [7, 11) is 0. The van der Waals surface area contributed by atoms with Crippen molar-refractivity contribution in [2.75, 3.05) is 11.1 Å². The zero-order valence-corrected chi connectivity index (χ0v) is 12.2. The summed E-state index contributed by atoms with van der Waals surface area (Å²) in [5, 5.41) is 7.04. The number of benzene rings is 1. The Labute approximate surface area is 127 Å². The molecular weight excluding hydrogens is 282 g/mol. The van der Waals surface area contributed by atoms with Gasteiger partial charge in [0.15, 0.2) is 0 Å². The van der Waals surface area contributed by atoms with Crippen molar-refractivity contribution in [3.8, 4) is 0 Å². The van der Waals surface area contributed by atoms with Gasteiger partial charge in [-0.25, -0.2) is 4.52 Å². The molecule has 1 N–H and O–H groups in total. The number of hydrogen-bond acceptors (Lipinski definition) is 3. The second-order valence-corrected chi connectivity index (χ2v) is 5.74. The molecule has 4 nitrogen and oxygen atoms in total. The van der Waals surface area contributed by atoms with Gasteiger partial charge < -0.3 is 5.32 Å². The number of carbonyl (C=O) groups excluding carboxylic acids is 1. The molecule has 0 atom stereocenters. The zero-order valence-electron chi connectivity index (χ0n) is 11.4. The number of aromatic nitrogens is 2. The summed E-state index contributed by atoms with van der Waals surface area (Å²) in [6.07, 6.45) is 4.06. The van der Waals surface area contributed by atoms with Gasteiger partial charge in [0.1, 0.15) is 0 Å². The Morgan fingerprint density at radius 1 is 1.19 bits per heavy atom. The lowest BCUT2D eigenvalue weighted by Gasteiger charge is -2.05. The van der Waals surface area contributed by atoms with Gasteiger partial charge in [-0.1, -0.05) is 18.2 Å². The van der Waals surface area contributed by atoms with E-state index in [2.05, 4.69) is 22.5 Å². The van der Waals surface area contributed by atoms with Crippen molar-refractivity contribution in [2.45, 2.75) is 11.3 Å². The highest BCUT2D eigenvalue weighted by Crippen LogP contribution is 2.18. The average molecular weight is 297 g/mol. The van der Waals surface area contributed by atoms with Gasteiger partial charge in [0.25, 0.3) is 0 Å². The van der Waals surface area contributed by atoms with Crippen molar-refractivity contribution < 1.29 is 4.79 Å². The number of hydrogen-bond donors (Lipinski definition) is 1. The third-order valence-corrected chi connectivity index (χ3v) is 4.04. The fourth-order valence-electron chi connectivity index (χ4n) is 2.00. The van der Waals surface area contributed by atoms with E-state index >= 15 is 0 Å². The predicted molar refractivity (Wildman–Crippen MR) is 85.6 cm³/mol. The Morgan fingerprint density at radius 3 is 2.90 bits per heavy atom. The van der Waals surface area contributed by atoms with E-state index in [1.54, 1.807) is 22.5 Å². The Morgan fingerprint density at radius 2 is 2.05 bits per heavy atom. The van der Waals surface area contributed by atoms with Crippen LogP contribution in [0.1, 0.15) is 6.42 Å². The number of carbonyl (C=O) groups is 1. The molecule has 0 bridgehead atoms. The molecule has 0 aliphatic rings. The molecule has 0 spiro atoms. The molecule has 21 heavy (non-hydrogen) atoms. The second kappa shape index (κ2) is 6.45. The minimum Gasteiger partial charge on any atom is -0.326 e. The van der Waals surface area contributed by atoms with Crippen LogP contribution in [0.15, 0.2) is 65.8 Å². The highest BCUT2D eigenvalue weighted by Gasteiger charge is 2.04. The van der Waals surface area contributed by atoms with Gasteiger partial charge in [-0.3, -0.25) is 4.79 Å². The molecule has 0 unspecified atom stereocenters. The van der Waals surface area contributed by atoms with Gasteiger partial charge in [0.05, 0.1) is 5.52 Å². The predicted octanol–water partition coefficient (Wildman–Crippen LogP) is 3.46. The molecule has 1 amide bonds. The van der Waals surface area contributed by atoms with E-state index in [0.717, 1.165) is 17.0 Å². The zero-order chi connectivity index (χ0) is 14.5. The summed E-state index contributed by atoms with van der Waals surface area (Å²) in [4.78, 5) is 13.1. The van der Waals surface area contributed by atoms with Crippen LogP contribution in [-0.2, 0) is 4.79 Å². The van der Waals surface area contributed by atoms with Crippen LogP contribution in [0.25, 0.3) is 5.52 Å². The number of thioether (sulfide) groups is 1. The normalized spacial score (nSPS) is 10.7. The van der Waals surface area contributed by atoms with Gasteiger partial charge in [-0.2, -0.15) is 5.10 Å². The first-order valence-electron chi connectivity index (χ1n) is 6.72. The summed E-state index contributed by atoms with van der Waals surface area (Å²) in [6, 6.07) is 15.8. The molecule has 0 aliphatic heterocycles. The van der Waals surface area contributed by atoms with E-state index in [0.29, 0.717) is 6.42 Å². The number of anilines is 1. The van der Waals surface area contributed by atoms with Crippen molar-refractivity contribution >= 4 is 28.9 Å². The summed E-state index contributed by atoms with van der Waals surface area (Å²) < 4.78 is 1.76. The summed E-state index contributed by atoms with van der Waals surface area (Å²) >= 11 is 1.69. The fraction of sp³-hybridized carbons (Fsp3) is 0.125. The summed E-state index contributed by atoms with van der Waals surface area (Å²) in [5.41, 5.74) is 1.77. The largest absolute Gasteiger partial charge is 0.326 e. The first-order valence-corrected chi connectivity index (χ1v) is 7.71. The van der Waals surface area contributed by atoms with Crippen molar-refractivity contribution in [1.82, 2.24) is 9.61 Å². The molecule has 2 heterocycles. The third-order valence-electron chi connectivity index (χ3n) is 3.02. The second-order valence-electron chi connectivity index (χ2n) is 4.58. The number of nitrogens with zero attached hydrogens (tertiary/aromatic N) is 2. The van der Waals surface area contributed by atoms with Gasteiger partial charge in [0.2, 0.25) is 5.91 Å². The quantitative estimate of drug-likeness (QED) is 0.734. The SMILES string of the molecule is O=C(CCSc1ccccc1)Nc1ccn2nccc2c1. The van der Waals surface area contributed by atoms with Crippen LogP contribution in [0.3, 0.4) is 0 Å². The number of nitrogens with one attached hydrogen (secondary N) is 1. The summed E-state index contributed by atoms with van der Waals surface area (Å²) in [6.45, 7) is 0. The molecule has 0 fully saturated rings. The van der Waals surface area contributed by atoms with Crippen molar-refractivity contribution in [2.24, 2.45) is 0 Å². The topological polar surface area (TPSA) is 46.4 Å². The number of fused-ring (bicyclic) bond motifs is 1. The first-order chi connectivity index (χ1) is 10.3. The smallest absolute Gasteiger partial charge is 0.225 e. The highest BCUT2D eigenvalue weighted by molar-refractivity contribution is 7.99. The number of pyridine rings is 1. The Bertz CT molecular complexity index is 739. The maximum absolute atomic E-state index is 11.9. The van der Waals surface area contributed by atoms with Gasteiger partial charge in [-0.05, 0) is 30.3 Å². The third kappa shape index (κ3) is 3.64. The number of amides is 1. The average Bonchev–Trinajstić information content (AvgIpc) is 2.96. The minimum absolute atomic E-state index is 0.0299. The Kier molecular flexibility index (Phi) is 4.21. The summed E-state index contributed by atoms with van der Waals surface area (Å²) in [5.74, 6) is 0.799. The Hall–Kier alpha value is -2.27. The molecule has 3 rings (SSSR count). The van der Waals surface area contributed by atoms with Crippen LogP contribution in [0, 0.1) is 0 Å². The molecule has 106 valence electrons. The van der Waals surface area contributed by atoms with Crippen LogP contribution in [-0.4, -0.2) is 21.3 Å². The minimum atomic E-state index is 0.0299.